The van der Waals surface area contributed by atoms with Crippen molar-refractivity contribution in [1.29, 1.82) is 0 Å². The molecule has 1 aliphatic heterocycles. The molecule has 0 bridgehead atoms. The molecule has 28 heavy (non-hydrogen) atoms. The van der Waals surface area contributed by atoms with Gasteiger partial charge in [0.25, 0.3) is 5.91 Å². The molecule has 1 fully saturated rings. The van der Waals surface area contributed by atoms with Gasteiger partial charge in [0.2, 0.25) is 0 Å². The second-order valence-electron chi connectivity index (χ2n) is 7.61. The Morgan fingerprint density at radius 3 is 2.43 bits per heavy atom. The van der Waals surface area contributed by atoms with E-state index in [1.165, 1.54) is 18.4 Å². The number of carbonyl (C=O) groups is 1. The maximum absolute atomic E-state index is 13.2. The fourth-order valence-corrected chi connectivity index (χ4v) is 4.56. The molecule has 0 radical (unpaired) electrons. The molecule has 0 spiro atoms. The van der Waals surface area contributed by atoms with Crippen LogP contribution in [0.2, 0.25) is 0 Å². The Morgan fingerprint density at radius 1 is 1.04 bits per heavy atom. The number of nitrogens with one attached hydrogen (secondary N) is 1. The first-order chi connectivity index (χ1) is 13.7. The van der Waals surface area contributed by atoms with Crippen LogP contribution >= 0.6 is 0 Å². The summed E-state index contributed by atoms with van der Waals surface area (Å²) in [7, 11) is 0. The van der Waals surface area contributed by atoms with E-state index in [0.29, 0.717) is 6.54 Å². The summed E-state index contributed by atoms with van der Waals surface area (Å²) >= 11 is 0. The van der Waals surface area contributed by atoms with Crippen molar-refractivity contribution in [3.63, 3.8) is 0 Å². The largest absolute Gasteiger partial charge is 0.349 e. The van der Waals surface area contributed by atoms with Gasteiger partial charge in [-0.05, 0) is 57.0 Å². The van der Waals surface area contributed by atoms with Crippen LogP contribution in [0, 0.1) is 6.92 Å². The number of fused-ring (bicyclic) bond motifs is 1. The van der Waals surface area contributed by atoms with Crippen LogP contribution in [-0.2, 0) is 6.54 Å². The molecule has 1 N–H and O–H groups in total. The van der Waals surface area contributed by atoms with Gasteiger partial charge in [-0.25, -0.2) is 0 Å². The maximum atomic E-state index is 13.2. The number of nitrogens with zero attached hydrogens (tertiary/aromatic N) is 2. The van der Waals surface area contributed by atoms with Gasteiger partial charge in [0.05, 0.1) is 6.04 Å². The van der Waals surface area contributed by atoms with Crippen molar-refractivity contribution in [2.45, 2.75) is 39.3 Å². The zero-order valence-corrected chi connectivity index (χ0v) is 16.8. The van der Waals surface area contributed by atoms with Crippen LogP contribution in [0.3, 0.4) is 0 Å². The van der Waals surface area contributed by atoms with Crippen LogP contribution in [0.25, 0.3) is 10.9 Å². The standard InChI is InChI=1S/C24H29N3O/c1-3-27-21-14-8-7-13-20(21)18(2)23(27)24(28)25-17-22(26-15-9-10-16-26)19-11-5-4-6-12-19/h4-8,11-14,22H,3,9-10,15-17H2,1-2H3,(H,25,28). The molecule has 4 heteroatoms. The van der Waals surface area contributed by atoms with E-state index in [-0.39, 0.29) is 11.9 Å². The van der Waals surface area contributed by atoms with E-state index in [2.05, 4.69) is 65.0 Å². The van der Waals surface area contributed by atoms with Gasteiger partial charge >= 0.3 is 0 Å². The second kappa shape index (κ2) is 8.19. The van der Waals surface area contributed by atoms with Gasteiger partial charge in [-0.1, -0.05) is 48.5 Å². The highest BCUT2D eigenvalue weighted by Gasteiger charge is 2.25. The van der Waals surface area contributed by atoms with E-state index in [1.807, 2.05) is 18.2 Å². The lowest BCUT2D eigenvalue weighted by Gasteiger charge is -2.28. The Kier molecular flexibility index (Phi) is 5.49. The molecule has 3 aromatic rings. The quantitative estimate of drug-likeness (QED) is 0.687. The van der Waals surface area contributed by atoms with E-state index in [9.17, 15) is 4.79 Å². The van der Waals surface area contributed by atoms with Crippen molar-refractivity contribution in [3.8, 4) is 0 Å². The van der Waals surface area contributed by atoms with Gasteiger partial charge in [-0.15, -0.1) is 0 Å². The minimum atomic E-state index is 0.0238. The first-order valence-electron chi connectivity index (χ1n) is 10.4. The van der Waals surface area contributed by atoms with Crippen LogP contribution in [0.1, 0.15) is 47.4 Å². The summed E-state index contributed by atoms with van der Waals surface area (Å²) in [5, 5.41) is 4.41. The van der Waals surface area contributed by atoms with E-state index < -0.39 is 0 Å². The molecule has 1 aromatic heterocycles. The molecule has 1 amide bonds. The van der Waals surface area contributed by atoms with Gasteiger partial charge < -0.3 is 9.88 Å². The summed E-state index contributed by atoms with van der Waals surface area (Å²) in [6.45, 7) is 7.77. The molecule has 2 heterocycles. The molecule has 1 aliphatic rings. The molecule has 146 valence electrons. The number of amides is 1. The zero-order valence-electron chi connectivity index (χ0n) is 16.8. The number of hydrogen-bond donors (Lipinski definition) is 1. The highest BCUT2D eigenvalue weighted by Crippen LogP contribution is 2.27. The van der Waals surface area contributed by atoms with Crippen LogP contribution in [0.15, 0.2) is 54.6 Å². The molecular formula is C24H29N3O. The molecule has 4 nitrogen and oxygen atoms in total. The SMILES string of the molecule is CCn1c(C(=O)NCC(c2ccccc2)N2CCCC2)c(C)c2ccccc21. The van der Waals surface area contributed by atoms with Crippen molar-refractivity contribution < 1.29 is 4.79 Å². The van der Waals surface area contributed by atoms with Crippen molar-refractivity contribution in [2.75, 3.05) is 19.6 Å². The predicted octanol–water partition coefficient (Wildman–Crippen LogP) is 4.54. The number of benzene rings is 2. The van der Waals surface area contributed by atoms with E-state index in [1.54, 1.807) is 0 Å². The highest BCUT2D eigenvalue weighted by molar-refractivity contribution is 6.01. The van der Waals surface area contributed by atoms with Crippen molar-refractivity contribution in [2.24, 2.45) is 0 Å². The summed E-state index contributed by atoms with van der Waals surface area (Å²) in [6, 6.07) is 19.1. The average Bonchev–Trinajstić information content (AvgIpc) is 3.36. The molecule has 1 unspecified atom stereocenters. The van der Waals surface area contributed by atoms with Crippen LogP contribution < -0.4 is 5.32 Å². The molecular weight excluding hydrogens is 346 g/mol. The smallest absolute Gasteiger partial charge is 0.268 e. The number of likely N-dealkylation sites (tertiary alicyclic amines) is 1. The third kappa shape index (κ3) is 3.45. The number of hydrogen-bond acceptors (Lipinski definition) is 2. The number of aryl methyl sites for hydroxylation is 2. The van der Waals surface area contributed by atoms with Gasteiger partial charge in [0.1, 0.15) is 5.69 Å². The van der Waals surface area contributed by atoms with Gasteiger partial charge in [0.15, 0.2) is 0 Å². The van der Waals surface area contributed by atoms with Crippen molar-refractivity contribution in [1.82, 2.24) is 14.8 Å². The Bertz CT molecular complexity index is 955. The third-order valence-corrected chi connectivity index (χ3v) is 5.98. The molecule has 1 atom stereocenters. The molecule has 0 aliphatic carbocycles. The topological polar surface area (TPSA) is 37.3 Å². The Hall–Kier alpha value is -2.59. The summed E-state index contributed by atoms with van der Waals surface area (Å²) in [5.41, 5.74) is 4.26. The lowest BCUT2D eigenvalue weighted by atomic mass is 10.1. The first-order valence-corrected chi connectivity index (χ1v) is 10.4. The lowest BCUT2D eigenvalue weighted by molar-refractivity contribution is 0.0928. The van der Waals surface area contributed by atoms with E-state index in [4.69, 9.17) is 0 Å². The highest BCUT2D eigenvalue weighted by atomic mass is 16.2. The molecule has 1 saturated heterocycles. The van der Waals surface area contributed by atoms with Crippen LogP contribution in [-0.4, -0.2) is 35.0 Å². The van der Waals surface area contributed by atoms with Gasteiger partial charge in [-0.3, -0.25) is 9.69 Å². The lowest BCUT2D eigenvalue weighted by Crippen LogP contribution is -2.37. The Labute approximate surface area is 167 Å². The maximum Gasteiger partial charge on any atom is 0.268 e. The summed E-state index contributed by atoms with van der Waals surface area (Å²) in [6.07, 6.45) is 2.47. The predicted molar refractivity (Wildman–Crippen MR) is 115 cm³/mol. The second-order valence-corrected chi connectivity index (χ2v) is 7.61. The van der Waals surface area contributed by atoms with Crippen molar-refractivity contribution >= 4 is 16.8 Å². The van der Waals surface area contributed by atoms with Gasteiger partial charge in [0, 0.05) is 24.0 Å². The minimum absolute atomic E-state index is 0.0238. The Morgan fingerprint density at radius 2 is 1.71 bits per heavy atom. The fourth-order valence-electron chi connectivity index (χ4n) is 4.56. The molecule has 0 saturated carbocycles. The van der Waals surface area contributed by atoms with Crippen molar-refractivity contribution in [3.05, 3.63) is 71.4 Å². The first kappa shape index (κ1) is 18.8. The number of para-hydroxylation sites is 1. The summed E-state index contributed by atoms with van der Waals surface area (Å²) in [5.74, 6) is 0.0238. The number of carbonyl (C=O) groups excluding carboxylic acids is 1. The number of aromatic nitrogens is 1. The van der Waals surface area contributed by atoms with E-state index in [0.717, 1.165) is 41.8 Å². The van der Waals surface area contributed by atoms with Crippen LogP contribution in [0.4, 0.5) is 0 Å². The van der Waals surface area contributed by atoms with E-state index >= 15 is 0 Å². The number of rotatable bonds is 6. The third-order valence-electron chi connectivity index (χ3n) is 5.98. The summed E-state index contributed by atoms with van der Waals surface area (Å²) in [4.78, 5) is 15.7. The average molecular weight is 376 g/mol. The van der Waals surface area contributed by atoms with Crippen LogP contribution in [0.5, 0.6) is 0 Å². The van der Waals surface area contributed by atoms with Gasteiger partial charge in [-0.2, -0.15) is 0 Å². The minimum Gasteiger partial charge on any atom is -0.349 e. The fraction of sp³-hybridized carbons (Fsp3) is 0.375. The molecule has 4 rings (SSSR count). The summed E-state index contributed by atoms with van der Waals surface area (Å²) < 4.78 is 2.13. The molecule has 2 aromatic carbocycles. The zero-order chi connectivity index (χ0) is 19.5. The normalized spacial score (nSPS) is 15.8. The Balaban J connectivity index is 1.59. The monoisotopic (exact) mass is 375 g/mol.